The molecule has 0 fully saturated rings. The normalized spacial score (nSPS) is 10.2. The Kier molecular flexibility index (Phi) is 3.70. The van der Waals surface area contributed by atoms with Crippen LogP contribution < -0.4 is 0 Å². The minimum Gasteiger partial charge on any atom is -0.304 e. The van der Waals surface area contributed by atoms with Crippen molar-refractivity contribution in [2.75, 3.05) is 20.6 Å². The molecule has 0 spiro atoms. The van der Waals surface area contributed by atoms with Crippen LogP contribution in [-0.4, -0.2) is 31.5 Å². The van der Waals surface area contributed by atoms with Crippen LogP contribution in [0.2, 0.25) is 4.34 Å². The van der Waals surface area contributed by atoms with Gasteiger partial charge >= 0.3 is 0 Å². The molecule has 1 heterocycles. The highest BCUT2D eigenvalue weighted by atomic mass is 35.5. The lowest BCUT2D eigenvalue weighted by atomic mass is 10.2. The van der Waals surface area contributed by atoms with E-state index in [9.17, 15) is 4.79 Å². The standard InChI is InChI=1S/C9H10ClNOS/c1-11(2)5-7(6-12)8-3-4-9(10)13-8/h3-4H,5H2,1-2H3. The van der Waals surface area contributed by atoms with E-state index in [0.29, 0.717) is 16.5 Å². The number of nitrogens with zero attached hydrogens (tertiary/aromatic N) is 1. The van der Waals surface area contributed by atoms with Gasteiger partial charge in [0.1, 0.15) is 5.94 Å². The predicted molar refractivity (Wildman–Crippen MR) is 57.0 cm³/mol. The summed E-state index contributed by atoms with van der Waals surface area (Å²) in [6.07, 6.45) is 0. The van der Waals surface area contributed by atoms with Crippen LogP contribution in [0.3, 0.4) is 0 Å². The van der Waals surface area contributed by atoms with Crippen LogP contribution in [0.25, 0.3) is 5.57 Å². The van der Waals surface area contributed by atoms with Gasteiger partial charge in [-0.2, -0.15) is 0 Å². The summed E-state index contributed by atoms with van der Waals surface area (Å²) >= 11 is 7.16. The first-order valence-corrected chi connectivity index (χ1v) is 4.97. The summed E-state index contributed by atoms with van der Waals surface area (Å²) in [5.41, 5.74) is 0.655. The van der Waals surface area contributed by atoms with Gasteiger partial charge < -0.3 is 4.90 Å². The molecule has 0 radical (unpaired) electrons. The van der Waals surface area contributed by atoms with Gasteiger partial charge in [0.25, 0.3) is 0 Å². The Morgan fingerprint density at radius 1 is 1.62 bits per heavy atom. The fraction of sp³-hybridized carbons (Fsp3) is 0.333. The smallest absolute Gasteiger partial charge is 0.130 e. The maximum absolute atomic E-state index is 10.6. The van der Waals surface area contributed by atoms with Crippen molar-refractivity contribution in [3.8, 4) is 0 Å². The molecule has 0 unspecified atom stereocenters. The molecule has 13 heavy (non-hydrogen) atoms. The second-order valence-electron chi connectivity index (χ2n) is 2.92. The summed E-state index contributed by atoms with van der Waals surface area (Å²) in [5, 5.41) is 0. The number of thiophene rings is 1. The largest absolute Gasteiger partial charge is 0.304 e. The molecule has 0 N–H and O–H groups in total. The maximum atomic E-state index is 10.6. The van der Waals surface area contributed by atoms with Gasteiger partial charge in [-0.05, 0) is 26.2 Å². The lowest BCUT2D eigenvalue weighted by molar-refractivity contribution is 0.463. The molecular formula is C9H10ClNOS. The number of rotatable bonds is 3. The molecule has 0 amide bonds. The number of halogens is 1. The molecule has 70 valence electrons. The molecule has 0 atom stereocenters. The highest BCUT2D eigenvalue weighted by Gasteiger charge is 2.06. The van der Waals surface area contributed by atoms with Crippen molar-refractivity contribution in [3.05, 3.63) is 21.3 Å². The van der Waals surface area contributed by atoms with E-state index in [0.717, 1.165) is 4.88 Å². The summed E-state index contributed by atoms with van der Waals surface area (Å²) in [5.74, 6) is 1.94. The predicted octanol–water partition coefficient (Wildman–Crippen LogP) is 2.18. The first-order valence-electron chi connectivity index (χ1n) is 3.78. The van der Waals surface area contributed by atoms with Crippen molar-refractivity contribution in [2.45, 2.75) is 0 Å². The molecule has 0 aliphatic heterocycles. The summed E-state index contributed by atoms with van der Waals surface area (Å²) in [6, 6.07) is 3.63. The number of hydrogen-bond donors (Lipinski definition) is 0. The molecule has 0 bridgehead atoms. The zero-order valence-electron chi connectivity index (χ0n) is 7.50. The van der Waals surface area contributed by atoms with Crippen molar-refractivity contribution < 1.29 is 4.79 Å². The third-order valence-corrected chi connectivity index (χ3v) is 2.76. The van der Waals surface area contributed by atoms with Crippen LogP contribution in [0.15, 0.2) is 12.1 Å². The molecule has 0 aliphatic carbocycles. The Morgan fingerprint density at radius 2 is 2.31 bits per heavy atom. The number of likely N-dealkylation sites (N-methyl/N-ethyl adjacent to an activating group) is 1. The Balaban J connectivity index is 2.86. The van der Waals surface area contributed by atoms with Gasteiger partial charge in [0.2, 0.25) is 0 Å². The van der Waals surface area contributed by atoms with Gasteiger partial charge in [-0.15, -0.1) is 11.3 Å². The zero-order chi connectivity index (χ0) is 9.84. The van der Waals surface area contributed by atoms with Crippen LogP contribution in [0.4, 0.5) is 0 Å². The first kappa shape index (κ1) is 10.5. The zero-order valence-corrected chi connectivity index (χ0v) is 9.08. The second-order valence-corrected chi connectivity index (χ2v) is 4.64. The van der Waals surface area contributed by atoms with E-state index in [1.54, 1.807) is 6.07 Å². The van der Waals surface area contributed by atoms with E-state index in [1.807, 2.05) is 31.0 Å². The fourth-order valence-corrected chi connectivity index (χ4v) is 1.98. The Bertz CT molecular complexity index is 339. The highest BCUT2D eigenvalue weighted by molar-refractivity contribution is 7.17. The van der Waals surface area contributed by atoms with Crippen molar-refractivity contribution in [1.82, 2.24) is 4.90 Å². The van der Waals surface area contributed by atoms with E-state index >= 15 is 0 Å². The molecule has 0 aromatic carbocycles. The molecule has 1 aromatic rings. The van der Waals surface area contributed by atoms with Crippen molar-refractivity contribution >= 4 is 34.5 Å². The summed E-state index contributed by atoms with van der Waals surface area (Å²) in [4.78, 5) is 13.4. The van der Waals surface area contributed by atoms with Gasteiger partial charge in [-0.25, -0.2) is 4.79 Å². The minimum absolute atomic E-state index is 0.598. The van der Waals surface area contributed by atoms with E-state index < -0.39 is 0 Å². The summed E-state index contributed by atoms with van der Waals surface area (Å²) in [7, 11) is 3.82. The molecule has 0 saturated heterocycles. The van der Waals surface area contributed by atoms with Crippen molar-refractivity contribution in [3.63, 3.8) is 0 Å². The van der Waals surface area contributed by atoms with Crippen LogP contribution in [-0.2, 0) is 4.79 Å². The summed E-state index contributed by atoms with van der Waals surface area (Å²) in [6.45, 7) is 0.598. The Labute approximate surface area is 86.4 Å². The van der Waals surface area contributed by atoms with Crippen molar-refractivity contribution in [2.24, 2.45) is 0 Å². The van der Waals surface area contributed by atoms with E-state index in [4.69, 9.17) is 11.6 Å². The van der Waals surface area contributed by atoms with E-state index in [-0.39, 0.29) is 0 Å². The van der Waals surface area contributed by atoms with Gasteiger partial charge in [0.05, 0.1) is 9.91 Å². The van der Waals surface area contributed by atoms with Gasteiger partial charge in [-0.1, -0.05) is 11.6 Å². The van der Waals surface area contributed by atoms with Crippen LogP contribution >= 0.6 is 22.9 Å². The molecule has 4 heteroatoms. The van der Waals surface area contributed by atoms with E-state index in [2.05, 4.69) is 0 Å². The average molecular weight is 216 g/mol. The molecule has 0 aliphatic rings. The topological polar surface area (TPSA) is 20.3 Å². The Hall–Kier alpha value is -0.600. The lowest BCUT2D eigenvalue weighted by Gasteiger charge is -2.08. The van der Waals surface area contributed by atoms with Crippen molar-refractivity contribution in [1.29, 1.82) is 0 Å². The average Bonchev–Trinajstić information content (AvgIpc) is 2.47. The molecule has 1 aromatic heterocycles. The SMILES string of the molecule is CN(C)CC(=C=O)c1ccc(Cl)s1. The minimum atomic E-state index is 0.598. The highest BCUT2D eigenvalue weighted by Crippen LogP contribution is 2.26. The maximum Gasteiger partial charge on any atom is 0.130 e. The fourth-order valence-electron chi connectivity index (χ4n) is 0.953. The van der Waals surface area contributed by atoms with Crippen LogP contribution in [0, 0.1) is 0 Å². The second kappa shape index (κ2) is 4.58. The molecular weight excluding hydrogens is 206 g/mol. The third-order valence-electron chi connectivity index (χ3n) is 1.47. The molecule has 0 saturated carbocycles. The van der Waals surface area contributed by atoms with Gasteiger partial charge in [-0.3, -0.25) is 0 Å². The quantitative estimate of drug-likeness (QED) is 0.721. The van der Waals surface area contributed by atoms with Gasteiger partial charge in [0, 0.05) is 11.4 Å². The van der Waals surface area contributed by atoms with Crippen LogP contribution in [0.1, 0.15) is 4.88 Å². The lowest BCUT2D eigenvalue weighted by Crippen LogP contribution is -2.14. The first-order chi connectivity index (χ1) is 6.13. The van der Waals surface area contributed by atoms with Gasteiger partial charge in [0.15, 0.2) is 0 Å². The number of hydrogen-bond acceptors (Lipinski definition) is 3. The summed E-state index contributed by atoms with van der Waals surface area (Å²) < 4.78 is 0.696. The van der Waals surface area contributed by atoms with Crippen LogP contribution in [0.5, 0.6) is 0 Å². The monoisotopic (exact) mass is 215 g/mol. The molecule has 1 rings (SSSR count). The third kappa shape index (κ3) is 2.98. The van der Waals surface area contributed by atoms with E-state index in [1.165, 1.54) is 11.3 Å². The number of carbonyl (C=O) groups excluding carboxylic acids is 1. The molecule has 2 nitrogen and oxygen atoms in total. The Morgan fingerprint density at radius 3 is 2.69 bits per heavy atom.